The number of carbonyl (C=O) groups excluding carboxylic acids is 2. The predicted molar refractivity (Wildman–Crippen MR) is 86.7 cm³/mol. The first-order chi connectivity index (χ1) is 10.6. The molecule has 1 aromatic rings. The van der Waals surface area contributed by atoms with Crippen LogP contribution in [-0.2, 0) is 9.59 Å². The molecule has 0 atom stereocenters. The first kappa shape index (κ1) is 16.8. The molecule has 0 saturated carbocycles. The van der Waals surface area contributed by atoms with Crippen LogP contribution in [0.4, 0.5) is 0 Å². The van der Waals surface area contributed by atoms with E-state index in [9.17, 15) is 9.59 Å². The molecule has 6 nitrogen and oxygen atoms in total. The fraction of sp³-hybridized carbons (Fsp3) is 0.467. The molecule has 0 aliphatic carbocycles. The summed E-state index contributed by atoms with van der Waals surface area (Å²) in [5.41, 5.74) is 0. The summed E-state index contributed by atoms with van der Waals surface area (Å²) in [6.45, 7) is 3.07. The summed E-state index contributed by atoms with van der Waals surface area (Å²) < 4.78 is 6.43. The number of hydrogen-bond acceptors (Lipinski definition) is 4. The third-order valence-corrected chi connectivity index (χ3v) is 4.02. The number of hydrogen-bond donors (Lipinski definition) is 1. The molecule has 2 amide bonds. The molecule has 0 bridgehead atoms. The van der Waals surface area contributed by atoms with Crippen molar-refractivity contribution in [3.63, 3.8) is 0 Å². The molecule has 22 heavy (non-hydrogen) atoms. The highest BCUT2D eigenvalue weighted by Gasteiger charge is 2.22. The molecular weight excluding hydrogens is 350 g/mol. The highest BCUT2D eigenvalue weighted by atomic mass is 79.9. The van der Waals surface area contributed by atoms with Gasteiger partial charge in [0.15, 0.2) is 6.61 Å². The SMILES string of the molecule is CNC(=O)CN1CCN(C(=O)COc2cccc(Br)c2)CC1. The molecule has 1 heterocycles. The van der Waals surface area contributed by atoms with Gasteiger partial charge in [0.1, 0.15) is 5.75 Å². The molecule has 1 fully saturated rings. The Labute approximate surface area is 138 Å². The van der Waals surface area contributed by atoms with Gasteiger partial charge in [-0.3, -0.25) is 14.5 Å². The number of rotatable bonds is 5. The van der Waals surface area contributed by atoms with Gasteiger partial charge in [-0.1, -0.05) is 22.0 Å². The van der Waals surface area contributed by atoms with Gasteiger partial charge in [0.2, 0.25) is 5.91 Å². The molecule has 1 saturated heterocycles. The maximum atomic E-state index is 12.1. The summed E-state index contributed by atoms with van der Waals surface area (Å²) in [4.78, 5) is 27.3. The lowest BCUT2D eigenvalue weighted by Gasteiger charge is -2.34. The maximum Gasteiger partial charge on any atom is 0.260 e. The van der Waals surface area contributed by atoms with Gasteiger partial charge in [0.25, 0.3) is 5.91 Å². The molecule has 7 heteroatoms. The number of nitrogens with one attached hydrogen (secondary N) is 1. The van der Waals surface area contributed by atoms with E-state index in [0.717, 1.165) is 4.47 Å². The zero-order valence-corrected chi connectivity index (χ0v) is 14.1. The highest BCUT2D eigenvalue weighted by molar-refractivity contribution is 9.10. The van der Waals surface area contributed by atoms with E-state index in [-0.39, 0.29) is 18.4 Å². The first-order valence-electron chi connectivity index (χ1n) is 7.17. The van der Waals surface area contributed by atoms with Gasteiger partial charge in [-0.25, -0.2) is 0 Å². The van der Waals surface area contributed by atoms with Crippen LogP contribution in [0.25, 0.3) is 0 Å². The lowest BCUT2D eigenvalue weighted by molar-refractivity contribution is -0.135. The average Bonchev–Trinajstić information content (AvgIpc) is 2.53. The minimum absolute atomic E-state index is 0.00207. The molecule has 120 valence electrons. The van der Waals surface area contributed by atoms with Gasteiger partial charge in [-0.2, -0.15) is 0 Å². The van der Waals surface area contributed by atoms with Crippen LogP contribution in [0.5, 0.6) is 5.75 Å². The van der Waals surface area contributed by atoms with Crippen LogP contribution in [0.15, 0.2) is 28.7 Å². The second-order valence-electron chi connectivity index (χ2n) is 5.08. The predicted octanol–water partition coefficient (Wildman–Crippen LogP) is 0.718. The minimum Gasteiger partial charge on any atom is -0.484 e. The molecule has 1 aliphatic rings. The molecule has 1 aromatic carbocycles. The van der Waals surface area contributed by atoms with E-state index < -0.39 is 0 Å². The van der Waals surface area contributed by atoms with Crippen LogP contribution in [0.1, 0.15) is 0 Å². The van der Waals surface area contributed by atoms with Crippen LogP contribution >= 0.6 is 15.9 Å². The molecular formula is C15H20BrN3O3. The van der Waals surface area contributed by atoms with E-state index in [2.05, 4.69) is 21.2 Å². The van der Waals surface area contributed by atoms with E-state index in [1.807, 2.05) is 29.2 Å². The van der Waals surface area contributed by atoms with E-state index >= 15 is 0 Å². The summed E-state index contributed by atoms with van der Waals surface area (Å²) in [5.74, 6) is 0.637. The third-order valence-electron chi connectivity index (χ3n) is 3.53. The van der Waals surface area contributed by atoms with Crippen molar-refractivity contribution < 1.29 is 14.3 Å². The van der Waals surface area contributed by atoms with Gasteiger partial charge >= 0.3 is 0 Å². The van der Waals surface area contributed by atoms with Gasteiger partial charge in [-0.05, 0) is 18.2 Å². The summed E-state index contributed by atoms with van der Waals surface area (Å²) >= 11 is 3.36. The van der Waals surface area contributed by atoms with Crippen molar-refractivity contribution in [2.24, 2.45) is 0 Å². The van der Waals surface area contributed by atoms with Crippen molar-refractivity contribution in [2.75, 3.05) is 46.4 Å². The Hall–Kier alpha value is -1.60. The van der Waals surface area contributed by atoms with Gasteiger partial charge in [-0.15, -0.1) is 0 Å². The Morgan fingerprint density at radius 1 is 1.27 bits per heavy atom. The van der Waals surface area contributed by atoms with Crippen molar-refractivity contribution in [1.29, 1.82) is 0 Å². The molecule has 0 radical (unpaired) electrons. The Balaban J connectivity index is 1.74. The molecule has 0 spiro atoms. The Kier molecular flexibility index (Phi) is 6.21. The van der Waals surface area contributed by atoms with Crippen LogP contribution in [0, 0.1) is 0 Å². The number of halogens is 1. The molecule has 0 aromatic heterocycles. The van der Waals surface area contributed by atoms with Crippen molar-refractivity contribution in [3.05, 3.63) is 28.7 Å². The normalized spacial score (nSPS) is 15.5. The minimum atomic E-state index is -0.0282. The Morgan fingerprint density at radius 3 is 2.64 bits per heavy atom. The summed E-state index contributed by atoms with van der Waals surface area (Å²) in [6, 6.07) is 7.41. The molecule has 2 rings (SSSR count). The number of amides is 2. The summed E-state index contributed by atoms with van der Waals surface area (Å²) in [5, 5.41) is 2.60. The van der Waals surface area contributed by atoms with Crippen molar-refractivity contribution in [3.8, 4) is 5.75 Å². The quantitative estimate of drug-likeness (QED) is 0.830. The van der Waals surface area contributed by atoms with Crippen molar-refractivity contribution in [1.82, 2.24) is 15.1 Å². The first-order valence-corrected chi connectivity index (χ1v) is 7.97. The van der Waals surface area contributed by atoms with Gasteiger partial charge in [0.05, 0.1) is 6.54 Å². The standard InChI is InChI=1S/C15H20BrN3O3/c1-17-14(20)10-18-5-7-19(8-6-18)15(21)11-22-13-4-2-3-12(16)9-13/h2-4,9H,5-8,10-11H2,1H3,(H,17,20). The Bertz CT molecular complexity index is 531. The second-order valence-corrected chi connectivity index (χ2v) is 5.99. The van der Waals surface area contributed by atoms with E-state index in [0.29, 0.717) is 38.5 Å². The fourth-order valence-electron chi connectivity index (χ4n) is 2.23. The van der Waals surface area contributed by atoms with Crippen LogP contribution in [0.2, 0.25) is 0 Å². The topological polar surface area (TPSA) is 61.9 Å². The number of benzene rings is 1. The zero-order chi connectivity index (χ0) is 15.9. The largest absolute Gasteiger partial charge is 0.484 e. The third kappa shape index (κ3) is 4.99. The number of nitrogens with zero attached hydrogens (tertiary/aromatic N) is 2. The fourth-order valence-corrected chi connectivity index (χ4v) is 2.61. The Morgan fingerprint density at radius 2 is 2.00 bits per heavy atom. The molecule has 1 aliphatic heterocycles. The number of piperazine rings is 1. The van der Waals surface area contributed by atoms with Gasteiger partial charge in [0, 0.05) is 37.7 Å². The smallest absolute Gasteiger partial charge is 0.260 e. The molecule has 0 unspecified atom stereocenters. The lowest BCUT2D eigenvalue weighted by Crippen LogP contribution is -2.51. The zero-order valence-electron chi connectivity index (χ0n) is 12.5. The van der Waals surface area contributed by atoms with Crippen molar-refractivity contribution >= 4 is 27.7 Å². The summed E-state index contributed by atoms with van der Waals surface area (Å²) in [6.07, 6.45) is 0. The van der Waals surface area contributed by atoms with Crippen molar-refractivity contribution in [2.45, 2.75) is 0 Å². The monoisotopic (exact) mass is 369 g/mol. The molecule has 1 N–H and O–H groups in total. The number of ether oxygens (including phenoxy) is 1. The van der Waals surface area contributed by atoms with E-state index in [1.54, 1.807) is 11.9 Å². The van der Waals surface area contributed by atoms with Crippen LogP contribution < -0.4 is 10.1 Å². The summed E-state index contributed by atoms with van der Waals surface area (Å²) in [7, 11) is 1.63. The van der Waals surface area contributed by atoms with E-state index in [4.69, 9.17) is 4.74 Å². The van der Waals surface area contributed by atoms with E-state index in [1.165, 1.54) is 0 Å². The number of carbonyl (C=O) groups is 2. The second kappa shape index (κ2) is 8.14. The van der Waals surface area contributed by atoms with Gasteiger partial charge < -0.3 is 15.0 Å². The lowest BCUT2D eigenvalue weighted by atomic mass is 10.3. The average molecular weight is 370 g/mol. The number of likely N-dealkylation sites (N-methyl/N-ethyl adjacent to an activating group) is 1. The van der Waals surface area contributed by atoms with Crippen LogP contribution in [-0.4, -0.2) is 68.0 Å². The highest BCUT2D eigenvalue weighted by Crippen LogP contribution is 2.17. The van der Waals surface area contributed by atoms with Crippen LogP contribution in [0.3, 0.4) is 0 Å². The maximum absolute atomic E-state index is 12.1.